The number of aromatic nitrogens is 1. The first-order chi connectivity index (χ1) is 23.4. The molecule has 1 N–H and O–H groups in total. The van der Waals surface area contributed by atoms with Gasteiger partial charge in [0, 0.05) is 35.3 Å². The van der Waals surface area contributed by atoms with Crippen molar-refractivity contribution in [3.8, 4) is 16.9 Å². The highest BCUT2D eigenvalue weighted by atomic mass is 32.2. The van der Waals surface area contributed by atoms with Gasteiger partial charge in [-0.25, -0.2) is 13.2 Å². The standard InChI is InChI=1S/C36H34F6N2O4S/c1-4-48-30(45)16-9-17-43-33(21-10-5-6-13-26(21)37)28-19-49-35-23(18-24-25(36(40,41)42)12-8-14-27(24)38)20(2)31(34(46)44(28)35)22-11-7-15-29(47-3)32(22)39/h5-8,10-15,28,33,43H,4,9,16-19H2,1-3H3. The second-order valence-electron chi connectivity index (χ2n) is 11.5. The largest absolute Gasteiger partial charge is 0.494 e. The van der Waals surface area contributed by atoms with Crippen LogP contribution < -0.4 is 15.6 Å². The Morgan fingerprint density at radius 3 is 2.43 bits per heavy atom. The number of halogens is 6. The van der Waals surface area contributed by atoms with E-state index >= 15 is 13.2 Å². The molecule has 4 aromatic rings. The molecule has 0 bridgehead atoms. The Labute approximate surface area is 283 Å². The van der Waals surface area contributed by atoms with Crippen molar-refractivity contribution in [1.82, 2.24) is 9.88 Å². The summed E-state index contributed by atoms with van der Waals surface area (Å²) < 4.78 is 100. The molecule has 260 valence electrons. The summed E-state index contributed by atoms with van der Waals surface area (Å²) in [4.78, 5) is 26.5. The first-order valence-corrected chi connectivity index (χ1v) is 16.6. The second-order valence-corrected chi connectivity index (χ2v) is 12.5. The second kappa shape index (κ2) is 15.1. The van der Waals surface area contributed by atoms with Crippen LogP contribution >= 0.6 is 11.8 Å². The van der Waals surface area contributed by atoms with Crippen LogP contribution in [0.2, 0.25) is 0 Å². The van der Waals surface area contributed by atoms with Crippen molar-refractivity contribution < 1.29 is 40.6 Å². The number of carbonyl (C=O) groups is 1. The lowest BCUT2D eigenvalue weighted by Crippen LogP contribution is -2.37. The number of hydrogen-bond donors (Lipinski definition) is 1. The fourth-order valence-electron chi connectivity index (χ4n) is 6.24. The Kier molecular flexibility index (Phi) is 11.1. The molecule has 1 aliphatic heterocycles. The van der Waals surface area contributed by atoms with Crippen LogP contribution in [0.1, 0.15) is 59.7 Å². The van der Waals surface area contributed by atoms with Gasteiger partial charge in [0.05, 0.1) is 42.0 Å². The molecule has 2 heterocycles. The topological polar surface area (TPSA) is 69.6 Å². The van der Waals surface area contributed by atoms with Gasteiger partial charge in [-0.05, 0) is 62.2 Å². The molecule has 0 amide bonds. The van der Waals surface area contributed by atoms with Gasteiger partial charge in [0.1, 0.15) is 11.6 Å². The Hall–Kier alpha value is -4.23. The van der Waals surface area contributed by atoms with Crippen LogP contribution in [0.25, 0.3) is 11.1 Å². The molecule has 3 aromatic carbocycles. The summed E-state index contributed by atoms with van der Waals surface area (Å²) in [6.45, 7) is 3.63. The minimum absolute atomic E-state index is 0.0908. The van der Waals surface area contributed by atoms with Crippen molar-refractivity contribution in [1.29, 1.82) is 0 Å². The van der Waals surface area contributed by atoms with Gasteiger partial charge in [-0.3, -0.25) is 14.2 Å². The number of thioether (sulfide) groups is 1. The molecule has 5 rings (SSSR count). The van der Waals surface area contributed by atoms with E-state index in [1.807, 2.05) is 0 Å². The molecule has 13 heteroatoms. The fourth-order valence-corrected chi connectivity index (χ4v) is 7.67. The molecule has 0 saturated heterocycles. The quantitative estimate of drug-likeness (QED) is 0.0912. The van der Waals surface area contributed by atoms with E-state index in [4.69, 9.17) is 9.47 Å². The molecule has 2 atom stereocenters. The number of benzene rings is 3. The maximum atomic E-state index is 15.8. The molecule has 49 heavy (non-hydrogen) atoms. The molecule has 6 nitrogen and oxygen atoms in total. The Morgan fingerprint density at radius 2 is 1.73 bits per heavy atom. The normalized spacial score (nSPS) is 14.8. The summed E-state index contributed by atoms with van der Waals surface area (Å²) in [5, 5.41) is 3.54. The average Bonchev–Trinajstić information content (AvgIpc) is 3.49. The van der Waals surface area contributed by atoms with Gasteiger partial charge in [0.2, 0.25) is 0 Å². The fraction of sp³-hybridized carbons (Fsp3) is 0.333. The van der Waals surface area contributed by atoms with Gasteiger partial charge in [0.25, 0.3) is 5.56 Å². The number of esters is 1. The number of fused-ring (bicyclic) bond motifs is 1. The number of hydrogen-bond acceptors (Lipinski definition) is 6. The lowest BCUT2D eigenvalue weighted by atomic mass is 9.91. The number of alkyl halides is 3. The minimum atomic E-state index is -4.87. The zero-order valence-corrected chi connectivity index (χ0v) is 27.7. The molecule has 0 aliphatic carbocycles. The molecule has 0 radical (unpaired) electrons. The summed E-state index contributed by atoms with van der Waals surface area (Å²) >= 11 is 1.17. The predicted octanol–water partition coefficient (Wildman–Crippen LogP) is 8.18. The first kappa shape index (κ1) is 36.1. The summed E-state index contributed by atoms with van der Waals surface area (Å²) in [6, 6.07) is 11.2. The van der Waals surface area contributed by atoms with Crippen LogP contribution in [0, 0.1) is 24.4 Å². The summed E-state index contributed by atoms with van der Waals surface area (Å²) in [7, 11) is 1.26. The first-order valence-electron chi connectivity index (χ1n) is 15.6. The lowest BCUT2D eigenvalue weighted by molar-refractivity contribution is -0.143. The van der Waals surface area contributed by atoms with Crippen LogP contribution in [0.4, 0.5) is 26.3 Å². The average molecular weight is 705 g/mol. The minimum Gasteiger partial charge on any atom is -0.494 e. The van der Waals surface area contributed by atoms with Gasteiger partial charge >= 0.3 is 12.1 Å². The van der Waals surface area contributed by atoms with Crippen molar-refractivity contribution in [2.75, 3.05) is 26.0 Å². The molecular formula is C36H34F6N2O4S. The third-order valence-corrected chi connectivity index (χ3v) is 9.77. The monoisotopic (exact) mass is 704 g/mol. The molecule has 0 spiro atoms. The van der Waals surface area contributed by atoms with Crippen molar-refractivity contribution in [3.05, 3.63) is 116 Å². The van der Waals surface area contributed by atoms with E-state index < -0.39 is 64.8 Å². The Morgan fingerprint density at radius 1 is 1.02 bits per heavy atom. The van der Waals surface area contributed by atoms with E-state index in [1.165, 1.54) is 60.7 Å². The van der Waals surface area contributed by atoms with Crippen molar-refractivity contribution >= 4 is 17.7 Å². The number of rotatable bonds is 12. The number of carbonyl (C=O) groups excluding carboxylic acids is 1. The molecule has 1 aliphatic rings. The van der Waals surface area contributed by atoms with E-state index in [0.29, 0.717) is 6.42 Å². The summed E-state index contributed by atoms with van der Waals surface area (Å²) in [6.07, 6.45) is -5.01. The van der Waals surface area contributed by atoms with Gasteiger partial charge in [0.15, 0.2) is 11.6 Å². The third kappa shape index (κ3) is 7.37. The predicted molar refractivity (Wildman–Crippen MR) is 174 cm³/mol. The van der Waals surface area contributed by atoms with E-state index in [-0.39, 0.29) is 63.9 Å². The zero-order chi connectivity index (χ0) is 35.5. The molecule has 0 saturated carbocycles. The van der Waals surface area contributed by atoms with E-state index in [1.54, 1.807) is 19.1 Å². The maximum Gasteiger partial charge on any atom is 0.416 e. The van der Waals surface area contributed by atoms with Crippen LogP contribution in [-0.4, -0.2) is 36.6 Å². The highest BCUT2D eigenvalue weighted by Crippen LogP contribution is 2.45. The number of nitrogens with one attached hydrogen (secondary N) is 1. The number of methoxy groups -OCH3 is 1. The zero-order valence-electron chi connectivity index (χ0n) is 26.9. The van der Waals surface area contributed by atoms with Crippen molar-refractivity contribution in [2.24, 2.45) is 0 Å². The van der Waals surface area contributed by atoms with Gasteiger partial charge in [-0.15, -0.1) is 11.8 Å². The van der Waals surface area contributed by atoms with Crippen LogP contribution in [0.5, 0.6) is 5.75 Å². The molecular weight excluding hydrogens is 670 g/mol. The number of pyridine rings is 1. The smallest absolute Gasteiger partial charge is 0.416 e. The number of nitrogens with zero attached hydrogens (tertiary/aromatic N) is 1. The van der Waals surface area contributed by atoms with Crippen LogP contribution in [0.15, 0.2) is 70.5 Å². The summed E-state index contributed by atoms with van der Waals surface area (Å²) in [5.74, 6) is -2.89. The SMILES string of the molecule is CCOC(=O)CCCNC(c1ccccc1F)C1CSc2c(Cc3c(F)cccc3C(F)(F)F)c(C)c(-c3cccc(OC)c3F)c(=O)n21. The Balaban J connectivity index is 1.72. The molecule has 0 fully saturated rings. The molecule has 2 unspecified atom stereocenters. The lowest BCUT2D eigenvalue weighted by Gasteiger charge is -2.28. The van der Waals surface area contributed by atoms with Gasteiger partial charge in [-0.2, -0.15) is 13.2 Å². The van der Waals surface area contributed by atoms with Crippen LogP contribution in [0.3, 0.4) is 0 Å². The number of ether oxygens (including phenoxy) is 2. The summed E-state index contributed by atoms with van der Waals surface area (Å²) in [5.41, 5.74) is -2.13. The van der Waals surface area contributed by atoms with Gasteiger partial charge in [-0.1, -0.05) is 36.4 Å². The Bertz CT molecular complexity index is 1910. The molecule has 1 aromatic heterocycles. The van der Waals surface area contributed by atoms with E-state index in [0.717, 1.165) is 18.2 Å². The van der Waals surface area contributed by atoms with Gasteiger partial charge < -0.3 is 14.8 Å². The third-order valence-electron chi connectivity index (χ3n) is 8.54. The van der Waals surface area contributed by atoms with E-state index in [9.17, 15) is 22.8 Å². The highest BCUT2D eigenvalue weighted by molar-refractivity contribution is 7.99. The van der Waals surface area contributed by atoms with Crippen molar-refractivity contribution in [2.45, 2.75) is 56.4 Å². The highest BCUT2D eigenvalue weighted by Gasteiger charge is 2.39. The maximum absolute atomic E-state index is 15.8. The van der Waals surface area contributed by atoms with Crippen LogP contribution in [-0.2, 0) is 22.1 Å². The van der Waals surface area contributed by atoms with E-state index in [2.05, 4.69) is 5.32 Å². The van der Waals surface area contributed by atoms with Crippen molar-refractivity contribution in [3.63, 3.8) is 0 Å².